The van der Waals surface area contributed by atoms with Crippen molar-refractivity contribution in [2.24, 2.45) is 0 Å². The Morgan fingerprint density at radius 2 is 1.60 bits per heavy atom. The van der Waals surface area contributed by atoms with Gasteiger partial charge in [0.1, 0.15) is 29.1 Å². The molecule has 2 heterocycles. The van der Waals surface area contributed by atoms with Crippen molar-refractivity contribution in [2.45, 2.75) is 13.2 Å². The van der Waals surface area contributed by atoms with Crippen molar-refractivity contribution in [3.63, 3.8) is 0 Å². The average Bonchev–Trinajstić information content (AvgIpc) is 3.58. The minimum Gasteiger partial charge on any atom is -0.496 e. The van der Waals surface area contributed by atoms with E-state index >= 15 is 0 Å². The summed E-state index contributed by atoms with van der Waals surface area (Å²) in [5.74, 6) is 0.641. The van der Waals surface area contributed by atoms with Gasteiger partial charge in [0.25, 0.3) is 0 Å². The lowest BCUT2D eigenvalue weighted by Crippen LogP contribution is -2.11. The van der Waals surface area contributed by atoms with Gasteiger partial charge in [-0.1, -0.05) is 54.6 Å². The number of rotatable bonds is 9. The van der Waals surface area contributed by atoms with E-state index in [9.17, 15) is 9.90 Å². The van der Waals surface area contributed by atoms with Crippen LogP contribution in [-0.2, 0) is 13.2 Å². The summed E-state index contributed by atoms with van der Waals surface area (Å²) >= 11 is 1.12. The first kappa shape index (κ1) is 25.4. The molecule has 8 nitrogen and oxygen atoms in total. The molecule has 4 aromatic carbocycles. The molecule has 0 aliphatic rings. The number of benzene rings is 4. The molecule has 40 heavy (non-hydrogen) atoms. The number of nitrogens with zero attached hydrogens (tertiary/aromatic N) is 3. The summed E-state index contributed by atoms with van der Waals surface area (Å²) in [4.78, 5) is 13.0. The maximum Gasteiger partial charge on any atom is 0.353 e. The quantitative estimate of drug-likeness (QED) is 0.215. The Morgan fingerprint density at radius 1 is 0.850 bits per heavy atom. The van der Waals surface area contributed by atoms with Crippen molar-refractivity contribution in [1.82, 2.24) is 13.3 Å². The average molecular weight is 552 g/mol. The smallest absolute Gasteiger partial charge is 0.353 e. The third-order valence-corrected chi connectivity index (χ3v) is 7.41. The maximum atomic E-state index is 13.0. The van der Waals surface area contributed by atoms with Crippen LogP contribution >= 0.6 is 11.7 Å². The summed E-state index contributed by atoms with van der Waals surface area (Å²) in [6, 6.07) is 26.7. The van der Waals surface area contributed by atoms with Crippen LogP contribution in [0.2, 0.25) is 0 Å². The normalized spacial score (nSPS) is 11.2. The Morgan fingerprint density at radius 3 is 2.38 bits per heavy atom. The van der Waals surface area contributed by atoms with Gasteiger partial charge in [0, 0.05) is 22.6 Å². The van der Waals surface area contributed by atoms with Crippen LogP contribution in [0.15, 0.2) is 84.9 Å². The molecule has 0 unspecified atom stereocenters. The SMILES string of the molecule is COc1ccccc1Cn1c(C(=O)O)c(-c2ccc3nsnc3c2)c2cc(OC)c(OCc3ccccc3)cc21. The van der Waals surface area contributed by atoms with E-state index in [4.69, 9.17) is 14.2 Å². The highest BCUT2D eigenvalue weighted by Crippen LogP contribution is 2.42. The zero-order chi connectivity index (χ0) is 27.6. The van der Waals surface area contributed by atoms with Crippen LogP contribution in [0.4, 0.5) is 0 Å². The molecule has 0 spiro atoms. The van der Waals surface area contributed by atoms with Crippen molar-refractivity contribution < 1.29 is 24.1 Å². The van der Waals surface area contributed by atoms with Gasteiger partial charge in [0.05, 0.1) is 38.0 Å². The van der Waals surface area contributed by atoms with Gasteiger partial charge in [-0.15, -0.1) is 0 Å². The number of aromatic nitrogens is 3. The van der Waals surface area contributed by atoms with Gasteiger partial charge < -0.3 is 23.9 Å². The molecule has 6 rings (SSSR count). The fraction of sp³-hybridized carbons (Fsp3) is 0.129. The molecule has 9 heteroatoms. The summed E-state index contributed by atoms with van der Waals surface area (Å²) in [5.41, 5.74) is 5.45. The molecule has 0 bridgehead atoms. The zero-order valence-corrected chi connectivity index (χ0v) is 22.6. The van der Waals surface area contributed by atoms with E-state index in [1.54, 1.807) is 18.8 Å². The number of carbonyl (C=O) groups is 1. The molecule has 1 N–H and O–H groups in total. The minimum absolute atomic E-state index is 0.144. The Hall–Kier alpha value is -4.89. The molecular formula is C31H25N3O5S. The van der Waals surface area contributed by atoms with E-state index in [0.717, 1.165) is 39.3 Å². The lowest BCUT2D eigenvalue weighted by molar-refractivity contribution is 0.0687. The van der Waals surface area contributed by atoms with E-state index in [2.05, 4.69) is 8.75 Å². The van der Waals surface area contributed by atoms with Crippen molar-refractivity contribution >= 4 is 39.6 Å². The van der Waals surface area contributed by atoms with Crippen LogP contribution in [-0.4, -0.2) is 38.6 Å². The minimum atomic E-state index is -1.05. The van der Waals surface area contributed by atoms with E-state index in [1.165, 1.54) is 0 Å². The molecule has 0 fully saturated rings. The molecular weight excluding hydrogens is 526 g/mol. The summed E-state index contributed by atoms with van der Waals surface area (Å²) in [7, 11) is 3.18. The van der Waals surface area contributed by atoms with Crippen LogP contribution in [0, 0.1) is 0 Å². The summed E-state index contributed by atoms with van der Waals surface area (Å²) in [6.45, 7) is 0.606. The molecule has 200 valence electrons. The topological polar surface area (TPSA) is 95.7 Å². The number of hydrogen-bond donors (Lipinski definition) is 1. The highest BCUT2D eigenvalue weighted by Gasteiger charge is 2.26. The van der Waals surface area contributed by atoms with Crippen molar-refractivity contribution in [1.29, 1.82) is 0 Å². The second kappa shape index (κ2) is 10.7. The first-order chi connectivity index (χ1) is 19.6. The second-order valence-corrected chi connectivity index (χ2v) is 9.72. The third kappa shape index (κ3) is 4.60. The molecule has 0 aliphatic carbocycles. The Bertz CT molecular complexity index is 1850. The van der Waals surface area contributed by atoms with E-state index in [1.807, 2.05) is 84.9 Å². The van der Waals surface area contributed by atoms with Gasteiger partial charge in [-0.05, 0) is 35.4 Å². The molecule has 0 aliphatic heterocycles. The van der Waals surface area contributed by atoms with Crippen molar-refractivity contribution in [2.75, 3.05) is 14.2 Å². The van der Waals surface area contributed by atoms with Gasteiger partial charge in [-0.2, -0.15) is 8.75 Å². The monoisotopic (exact) mass is 551 g/mol. The lowest BCUT2D eigenvalue weighted by Gasteiger charge is -2.14. The standard InChI is InChI=1S/C31H25N3O5S/c1-37-26-11-7-6-10-21(26)17-34-25-16-28(39-18-19-8-4-3-5-9-19)27(38-2)15-22(25)29(30(34)31(35)36)20-12-13-23-24(14-20)33-40-32-23/h3-16H,17-18H2,1-2H3,(H,35,36). The van der Waals surface area contributed by atoms with Gasteiger partial charge >= 0.3 is 5.97 Å². The number of methoxy groups -OCH3 is 2. The highest BCUT2D eigenvalue weighted by atomic mass is 32.1. The number of aromatic carboxylic acids is 1. The highest BCUT2D eigenvalue weighted by molar-refractivity contribution is 7.00. The van der Waals surface area contributed by atoms with Gasteiger partial charge in [0.2, 0.25) is 0 Å². The molecule has 0 atom stereocenters. The Balaban J connectivity index is 1.59. The molecule has 0 saturated carbocycles. The van der Waals surface area contributed by atoms with Crippen molar-refractivity contribution in [3.8, 4) is 28.4 Å². The zero-order valence-electron chi connectivity index (χ0n) is 21.8. The number of hydrogen-bond acceptors (Lipinski definition) is 7. The van der Waals surface area contributed by atoms with Crippen LogP contribution in [0.25, 0.3) is 33.1 Å². The number of fused-ring (bicyclic) bond motifs is 2. The summed E-state index contributed by atoms with van der Waals surface area (Å²) in [5, 5.41) is 11.3. The van der Waals surface area contributed by atoms with E-state index in [-0.39, 0.29) is 12.2 Å². The predicted octanol–water partition coefficient (Wildman–Crippen LogP) is 6.66. The second-order valence-electron chi connectivity index (χ2n) is 9.19. The maximum absolute atomic E-state index is 13.0. The van der Waals surface area contributed by atoms with Gasteiger partial charge in [-0.3, -0.25) is 0 Å². The molecule has 6 aromatic rings. The Kier molecular flexibility index (Phi) is 6.79. The Labute approximate surface area is 234 Å². The first-order valence-electron chi connectivity index (χ1n) is 12.6. The third-order valence-electron chi connectivity index (χ3n) is 6.85. The summed E-state index contributed by atoms with van der Waals surface area (Å²) < 4.78 is 28.0. The van der Waals surface area contributed by atoms with Crippen LogP contribution in [0.5, 0.6) is 17.2 Å². The number of carboxylic acids is 1. The van der Waals surface area contributed by atoms with Gasteiger partial charge in [-0.25, -0.2) is 4.79 Å². The van der Waals surface area contributed by atoms with Crippen LogP contribution in [0.3, 0.4) is 0 Å². The van der Waals surface area contributed by atoms with Crippen molar-refractivity contribution in [3.05, 3.63) is 102 Å². The fourth-order valence-electron chi connectivity index (χ4n) is 4.98. The van der Waals surface area contributed by atoms with Gasteiger partial charge in [0.15, 0.2) is 11.5 Å². The number of carboxylic acid groups (broad SMARTS) is 1. The molecule has 2 aromatic heterocycles. The largest absolute Gasteiger partial charge is 0.496 e. The van der Waals surface area contributed by atoms with Crippen LogP contribution < -0.4 is 14.2 Å². The van der Waals surface area contributed by atoms with Crippen LogP contribution in [0.1, 0.15) is 21.6 Å². The first-order valence-corrected chi connectivity index (χ1v) is 13.3. The van der Waals surface area contributed by atoms with E-state index < -0.39 is 5.97 Å². The fourth-order valence-corrected chi connectivity index (χ4v) is 5.50. The lowest BCUT2D eigenvalue weighted by atomic mass is 10.0. The molecule has 0 saturated heterocycles. The number of ether oxygens (including phenoxy) is 3. The predicted molar refractivity (Wildman–Crippen MR) is 155 cm³/mol. The van der Waals surface area contributed by atoms with E-state index in [0.29, 0.717) is 40.5 Å². The molecule has 0 amide bonds. The summed E-state index contributed by atoms with van der Waals surface area (Å²) in [6.07, 6.45) is 0. The number of para-hydroxylation sites is 1. The molecule has 0 radical (unpaired) electrons.